The molecule has 2 aromatic carbocycles. The topological polar surface area (TPSA) is 109 Å². The number of nitrogens with zero attached hydrogens (tertiary/aromatic N) is 2. The maximum atomic E-state index is 12.9. The summed E-state index contributed by atoms with van der Waals surface area (Å²) in [4.78, 5) is 42.0. The van der Waals surface area contributed by atoms with E-state index in [0.29, 0.717) is 61.2 Å². The predicted octanol–water partition coefficient (Wildman–Crippen LogP) is 1.50. The lowest BCUT2D eigenvalue weighted by atomic mass is 10.1. The van der Waals surface area contributed by atoms with Gasteiger partial charge in [-0.3, -0.25) is 19.3 Å². The molecule has 2 aliphatic rings. The molecule has 2 aromatic rings. The minimum absolute atomic E-state index is 0.0882. The van der Waals surface area contributed by atoms with E-state index in [1.807, 2.05) is 12.1 Å². The molecule has 3 amide bonds. The van der Waals surface area contributed by atoms with Crippen molar-refractivity contribution in [3.8, 4) is 17.2 Å². The number of rotatable bonds is 7. The van der Waals surface area contributed by atoms with Gasteiger partial charge in [-0.25, -0.2) is 0 Å². The molecule has 0 spiro atoms. The van der Waals surface area contributed by atoms with E-state index in [1.165, 1.54) is 0 Å². The number of benzene rings is 2. The van der Waals surface area contributed by atoms with Crippen molar-refractivity contribution in [1.29, 1.82) is 0 Å². The van der Waals surface area contributed by atoms with Crippen LogP contribution in [0, 0.1) is 0 Å². The molecule has 1 saturated heterocycles. The quantitative estimate of drug-likeness (QED) is 0.616. The fraction of sp³-hybridized carbons (Fsp3) is 0.400. The molecule has 2 heterocycles. The van der Waals surface area contributed by atoms with Crippen LogP contribution >= 0.6 is 0 Å². The summed E-state index contributed by atoms with van der Waals surface area (Å²) in [6, 6.07) is 9.66. The molecule has 10 nitrogen and oxygen atoms in total. The van der Waals surface area contributed by atoms with Gasteiger partial charge in [0, 0.05) is 38.3 Å². The normalized spacial score (nSPS) is 18.1. The van der Waals surface area contributed by atoms with Gasteiger partial charge in [-0.15, -0.1) is 0 Å². The molecule has 1 atom stereocenters. The van der Waals surface area contributed by atoms with Gasteiger partial charge >= 0.3 is 0 Å². The van der Waals surface area contributed by atoms with Gasteiger partial charge in [-0.2, -0.15) is 0 Å². The number of carbonyl (C=O) groups is 3. The number of fused-ring (bicyclic) bond motifs is 1. The Kier molecular flexibility index (Phi) is 7.40. The molecule has 0 aliphatic carbocycles. The first-order chi connectivity index (χ1) is 16.9. The molecule has 0 saturated carbocycles. The van der Waals surface area contributed by atoms with E-state index in [1.54, 1.807) is 50.5 Å². The summed E-state index contributed by atoms with van der Waals surface area (Å²) in [5, 5.41) is 5.43. The summed E-state index contributed by atoms with van der Waals surface area (Å²) in [6.45, 7) is 3.01. The Morgan fingerprint density at radius 2 is 1.66 bits per heavy atom. The number of ether oxygens (including phenoxy) is 3. The number of methoxy groups -OCH3 is 3. The third-order valence-corrected chi connectivity index (χ3v) is 6.33. The summed E-state index contributed by atoms with van der Waals surface area (Å²) in [5.74, 6) is 0.843. The van der Waals surface area contributed by atoms with Crippen LogP contribution < -0.4 is 24.8 Å². The molecule has 2 aliphatic heterocycles. The minimum atomic E-state index is -0.920. The largest absolute Gasteiger partial charge is 0.493 e. The Morgan fingerprint density at radius 3 is 2.34 bits per heavy atom. The highest BCUT2D eigenvalue weighted by atomic mass is 16.5. The van der Waals surface area contributed by atoms with Crippen LogP contribution in [-0.4, -0.2) is 81.1 Å². The second-order valence-electron chi connectivity index (χ2n) is 8.42. The van der Waals surface area contributed by atoms with Crippen molar-refractivity contribution < 1.29 is 28.6 Å². The molecular formula is C25H30N4O6. The number of piperazine rings is 1. The monoisotopic (exact) mass is 482 g/mol. The highest BCUT2D eigenvalue weighted by molar-refractivity contribution is 6.10. The maximum absolute atomic E-state index is 12.9. The molecule has 0 bridgehead atoms. The number of carbonyl (C=O) groups excluding carboxylic acids is 3. The van der Waals surface area contributed by atoms with Crippen LogP contribution in [0.3, 0.4) is 0 Å². The molecule has 2 N–H and O–H groups in total. The third-order valence-electron chi connectivity index (χ3n) is 6.33. The predicted molar refractivity (Wildman–Crippen MR) is 129 cm³/mol. The Balaban J connectivity index is 1.34. The van der Waals surface area contributed by atoms with Crippen molar-refractivity contribution in [3.05, 3.63) is 47.5 Å². The fourth-order valence-corrected chi connectivity index (χ4v) is 4.44. The van der Waals surface area contributed by atoms with Gasteiger partial charge in [0.25, 0.3) is 5.91 Å². The van der Waals surface area contributed by atoms with Gasteiger partial charge in [0.05, 0.1) is 39.0 Å². The molecule has 0 aromatic heterocycles. The first kappa shape index (κ1) is 24.3. The second-order valence-corrected chi connectivity index (χ2v) is 8.42. The first-order valence-corrected chi connectivity index (χ1v) is 11.4. The Labute approximate surface area is 204 Å². The van der Waals surface area contributed by atoms with Gasteiger partial charge in [0.2, 0.25) is 17.6 Å². The summed E-state index contributed by atoms with van der Waals surface area (Å²) in [6.07, 6.45) is -0.0882. The van der Waals surface area contributed by atoms with Crippen LogP contribution in [0.4, 0.5) is 5.69 Å². The molecule has 35 heavy (non-hydrogen) atoms. The molecule has 10 heteroatoms. The van der Waals surface area contributed by atoms with E-state index in [4.69, 9.17) is 14.2 Å². The van der Waals surface area contributed by atoms with Crippen molar-refractivity contribution in [2.45, 2.75) is 19.0 Å². The zero-order chi connectivity index (χ0) is 24.9. The lowest BCUT2D eigenvalue weighted by molar-refractivity contribution is -0.135. The standard InChI is InChI=1S/C25H30N4O6/c1-33-20-9-8-16(22(34-2)23(20)35-3)15-28-10-12-29(13-11-28)21(30)14-19-25(32)26-18-7-5-4-6-17(18)24(31)27-19/h4-9,19H,10-15H2,1-3H3,(H,26,32)(H,27,31)/t19-/m1/s1. The summed E-state index contributed by atoms with van der Waals surface area (Å²) < 4.78 is 16.4. The SMILES string of the molecule is COc1ccc(CN2CCN(C(=O)C[C@H]3NC(=O)c4ccccc4NC3=O)CC2)c(OC)c1OC. The molecule has 0 unspecified atom stereocenters. The average molecular weight is 483 g/mol. The molecule has 4 rings (SSSR count). The van der Waals surface area contributed by atoms with E-state index < -0.39 is 11.9 Å². The van der Waals surface area contributed by atoms with Gasteiger partial charge in [0.15, 0.2) is 11.5 Å². The number of hydrogen-bond donors (Lipinski definition) is 2. The summed E-state index contributed by atoms with van der Waals surface area (Å²) in [7, 11) is 4.75. The highest BCUT2D eigenvalue weighted by Crippen LogP contribution is 2.40. The average Bonchev–Trinajstić information content (AvgIpc) is 2.99. The molecular weight excluding hydrogens is 452 g/mol. The zero-order valence-electron chi connectivity index (χ0n) is 20.1. The molecule has 1 fully saturated rings. The van der Waals surface area contributed by atoms with Gasteiger partial charge in [-0.1, -0.05) is 18.2 Å². The fourth-order valence-electron chi connectivity index (χ4n) is 4.44. The zero-order valence-corrected chi connectivity index (χ0v) is 20.1. The third kappa shape index (κ3) is 5.17. The van der Waals surface area contributed by atoms with Crippen molar-refractivity contribution in [2.75, 3.05) is 52.8 Å². The van der Waals surface area contributed by atoms with Gasteiger partial charge < -0.3 is 29.7 Å². The van der Waals surface area contributed by atoms with E-state index in [9.17, 15) is 14.4 Å². The second kappa shape index (κ2) is 10.6. The van der Waals surface area contributed by atoms with Crippen LogP contribution in [0.5, 0.6) is 17.2 Å². The van der Waals surface area contributed by atoms with Crippen molar-refractivity contribution >= 4 is 23.4 Å². The number of hydrogen-bond acceptors (Lipinski definition) is 7. The smallest absolute Gasteiger partial charge is 0.254 e. The number of nitrogens with one attached hydrogen (secondary N) is 2. The Hall–Kier alpha value is -3.79. The number of para-hydroxylation sites is 1. The van der Waals surface area contributed by atoms with Crippen LogP contribution in [0.25, 0.3) is 0 Å². The van der Waals surface area contributed by atoms with E-state index >= 15 is 0 Å². The molecule has 186 valence electrons. The lowest BCUT2D eigenvalue weighted by Gasteiger charge is -2.35. The van der Waals surface area contributed by atoms with E-state index in [2.05, 4.69) is 15.5 Å². The maximum Gasteiger partial charge on any atom is 0.254 e. The van der Waals surface area contributed by atoms with Crippen molar-refractivity contribution in [2.24, 2.45) is 0 Å². The van der Waals surface area contributed by atoms with Crippen LogP contribution in [0.1, 0.15) is 22.3 Å². The highest BCUT2D eigenvalue weighted by Gasteiger charge is 2.32. The van der Waals surface area contributed by atoms with Crippen LogP contribution in [0.15, 0.2) is 36.4 Å². The lowest BCUT2D eigenvalue weighted by Crippen LogP contribution is -2.51. The summed E-state index contributed by atoms with van der Waals surface area (Å²) in [5.41, 5.74) is 1.79. The molecule has 0 radical (unpaired) electrons. The van der Waals surface area contributed by atoms with E-state index in [0.717, 1.165) is 5.56 Å². The first-order valence-electron chi connectivity index (χ1n) is 11.4. The van der Waals surface area contributed by atoms with Gasteiger partial charge in [-0.05, 0) is 18.2 Å². The Bertz CT molecular complexity index is 1110. The Morgan fingerprint density at radius 1 is 0.943 bits per heavy atom. The number of anilines is 1. The summed E-state index contributed by atoms with van der Waals surface area (Å²) >= 11 is 0. The van der Waals surface area contributed by atoms with Crippen molar-refractivity contribution in [1.82, 2.24) is 15.1 Å². The van der Waals surface area contributed by atoms with Crippen LogP contribution in [-0.2, 0) is 16.1 Å². The van der Waals surface area contributed by atoms with Crippen LogP contribution in [0.2, 0.25) is 0 Å². The van der Waals surface area contributed by atoms with Crippen molar-refractivity contribution in [3.63, 3.8) is 0 Å². The van der Waals surface area contributed by atoms with Gasteiger partial charge in [0.1, 0.15) is 6.04 Å². The van der Waals surface area contributed by atoms with E-state index in [-0.39, 0.29) is 18.2 Å². The number of amides is 3. The minimum Gasteiger partial charge on any atom is -0.493 e.